The maximum Gasteiger partial charge on any atom is 0.408 e. The molecule has 1 saturated heterocycles. The molecule has 0 saturated carbocycles. The van der Waals surface area contributed by atoms with Gasteiger partial charge in [-0.15, -0.1) is 0 Å². The van der Waals surface area contributed by atoms with Crippen LogP contribution >= 0.6 is 0 Å². The highest BCUT2D eigenvalue weighted by Gasteiger charge is 2.22. The summed E-state index contributed by atoms with van der Waals surface area (Å²) >= 11 is 0. The molecule has 1 unspecified atom stereocenters. The Hall–Kier alpha value is -3.95. The molecule has 1 aliphatic rings. The highest BCUT2D eigenvalue weighted by Crippen LogP contribution is 2.31. The summed E-state index contributed by atoms with van der Waals surface area (Å²) < 4.78 is 38.9. The highest BCUT2D eigenvalue weighted by molar-refractivity contribution is 5.74. The molecule has 0 aliphatic carbocycles. The van der Waals surface area contributed by atoms with E-state index >= 15 is 4.39 Å². The van der Waals surface area contributed by atoms with Gasteiger partial charge < -0.3 is 24.3 Å². The lowest BCUT2D eigenvalue weighted by Gasteiger charge is -2.27. The van der Waals surface area contributed by atoms with Crippen molar-refractivity contribution in [3.8, 4) is 16.9 Å². The predicted octanol–water partition coefficient (Wildman–Crippen LogP) is 7.37. The van der Waals surface area contributed by atoms with Gasteiger partial charge in [0, 0.05) is 36.3 Å². The zero-order valence-electron chi connectivity index (χ0n) is 28.1. The first-order valence-electron chi connectivity index (χ1n) is 15.8. The third kappa shape index (κ3) is 10.6. The van der Waals surface area contributed by atoms with Crippen molar-refractivity contribution in [2.24, 2.45) is 0 Å². The van der Waals surface area contributed by atoms with Gasteiger partial charge in [0.2, 0.25) is 0 Å². The van der Waals surface area contributed by atoms with Gasteiger partial charge in [-0.05, 0) is 83.4 Å². The van der Waals surface area contributed by atoms with Crippen LogP contribution in [0.15, 0.2) is 60.7 Å². The average molecular weight is 635 g/mol. The van der Waals surface area contributed by atoms with Gasteiger partial charge in [0.25, 0.3) is 0 Å². The Kier molecular flexibility index (Phi) is 11.5. The van der Waals surface area contributed by atoms with Gasteiger partial charge >= 0.3 is 12.1 Å². The molecule has 9 heteroatoms. The van der Waals surface area contributed by atoms with Crippen molar-refractivity contribution < 1.29 is 32.9 Å². The number of amides is 1. The van der Waals surface area contributed by atoms with Crippen LogP contribution in [0.3, 0.4) is 0 Å². The van der Waals surface area contributed by atoms with Gasteiger partial charge in [0.1, 0.15) is 29.4 Å². The first-order valence-corrected chi connectivity index (χ1v) is 15.8. The molecule has 1 amide bonds. The molecule has 3 aromatic rings. The molecule has 1 atom stereocenters. The van der Waals surface area contributed by atoms with E-state index in [-0.39, 0.29) is 19.0 Å². The zero-order valence-corrected chi connectivity index (χ0v) is 28.1. The van der Waals surface area contributed by atoms with E-state index in [1.165, 1.54) is 0 Å². The van der Waals surface area contributed by atoms with E-state index in [2.05, 4.69) is 16.3 Å². The summed E-state index contributed by atoms with van der Waals surface area (Å²) in [6.07, 6.45) is -0.521. The fraction of sp³-hybridized carbons (Fsp3) is 0.459. The van der Waals surface area contributed by atoms with Gasteiger partial charge in [0.15, 0.2) is 0 Å². The van der Waals surface area contributed by atoms with E-state index in [9.17, 15) is 9.59 Å². The molecule has 248 valence electrons. The van der Waals surface area contributed by atoms with Gasteiger partial charge in [-0.1, -0.05) is 42.5 Å². The van der Waals surface area contributed by atoms with Crippen molar-refractivity contribution in [2.75, 3.05) is 26.3 Å². The fourth-order valence-corrected chi connectivity index (χ4v) is 5.26. The first-order chi connectivity index (χ1) is 21.7. The van der Waals surface area contributed by atoms with Crippen LogP contribution in [0.25, 0.3) is 11.1 Å². The van der Waals surface area contributed by atoms with E-state index in [0.29, 0.717) is 42.2 Å². The summed E-state index contributed by atoms with van der Waals surface area (Å²) in [6, 6.07) is 18.0. The number of carbonyl (C=O) groups excluding carboxylic acids is 2. The molecule has 1 fully saturated rings. The topological polar surface area (TPSA) is 86.3 Å². The number of esters is 1. The lowest BCUT2D eigenvalue weighted by Crippen LogP contribution is -2.35. The van der Waals surface area contributed by atoms with E-state index in [4.69, 9.17) is 18.9 Å². The second-order valence-electron chi connectivity index (χ2n) is 13.7. The fourth-order valence-electron chi connectivity index (χ4n) is 5.26. The van der Waals surface area contributed by atoms with E-state index in [1.807, 2.05) is 57.2 Å². The zero-order chi connectivity index (χ0) is 33.5. The number of morpholine rings is 1. The number of para-hydroxylation sites is 1. The number of halogens is 1. The molecule has 0 aromatic heterocycles. The second-order valence-corrected chi connectivity index (χ2v) is 13.7. The molecular formula is C37H47FN2O6. The SMILES string of the molecule is CC(NC(=O)OC(C)(C)C)c1cccc(-c2cc(COc3ccccc3CC(=O)OC(C)(C)C)cc(CN3CCOCC3)c2)c1F. The molecular weight excluding hydrogens is 587 g/mol. The van der Waals surface area contributed by atoms with Crippen molar-refractivity contribution in [1.82, 2.24) is 10.2 Å². The number of benzene rings is 3. The maximum atomic E-state index is 16.2. The number of nitrogens with one attached hydrogen (secondary N) is 1. The van der Waals surface area contributed by atoms with Crippen LogP contribution in [0.2, 0.25) is 0 Å². The van der Waals surface area contributed by atoms with Crippen molar-refractivity contribution in [1.29, 1.82) is 0 Å². The summed E-state index contributed by atoms with van der Waals surface area (Å²) in [5.74, 6) is -0.156. The number of carbonyl (C=O) groups is 2. The molecule has 0 radical (unpaired) electrons. The predicted molar refractivity (Wildman–Crippen MR) is 176 cm³/mol. The lowest BCUT2D eigenvalue weighted by atomic mass is 9.95. The molecule has 1 aliphatic heterocycles. The van der Waals surface area contributed by atoms with Crippen LogP contribution in [0.4, 0.5) is 9.18 Å². The summed E-state index contributed by atoms with van der Waals surface area (Å²) in [5, 5.41) is 2.75. The second kappa shape index (κ2) is 15.1. The molecule has 4 rings (SSSR count). The van der Waals surface area contributed by atoms with E-state index in [0.717, 1.165) is 29.8 Å². The monoisotopic (exact) mass is 634 g/mol. The Morgan fingerprint density at radius 2 is 1.59 bits per heavy atom. The van der Waals surface area contributed by atoms with E-state index in [1.54, 1.807) is 45.9 Å². The van der Waals surface area contributed by atoms with Crippen molar-refractivity contribution in [3.63, 3.8) is 0 Å². The lowest BCUT2D eigenvalue weighted by molar-refractivity contribution is -0.153. The Morgan fingerprint density at radius 1 is 0.913 bits per heavy atom. The van der Waals surface area contributed by atoms with Crippen LogP contribution < -0.4 is 10.1 Å². The van der Waals surface area contributed by atoms with Crippen LogP contribution in [0.1, 0.15) is 76.8 Å². The maximum absolute atomic E-state index is 16.2. The van der Waals surface area contributed by atoms with E-state index < -0.39 is 29.2 Å². The number of nitrogens with zero attached hydrogens (tertiary/aromatic N) is 1. The Morgan fingerprint density at radius 3 is 2.28 bits per heavy atom. The smallest absolute Gasteiger partial charge is 0.408 e. The minimum Gasteiger partial charge on any atom is -0.489 e. The third-order valence-electron chi connectivity index (χ3n) is 7.22. The highest BCUT2D eigenvalue weighted by atomic mass is 19.1. The minimum atomic E-state index is -0.667. The van der Waals surface area contributed by atoms with Gasteiger partial charge in [-0.2, -0.15) is 0 Å². The minimum absolute atomic E-state index is 0.0866. The Labute approximate surface area is 272 Å². The molecule has 1 heterocycles. The van der Waals surface area contributed by atoms with Crippen LogP contribution in [0.5, 0.6) is 5.75 Å². The third-order valence-corrected chi connectivity index (χ3v) is 7.22. The van der Waals surface area contributed by atoms with Gasteiger partial charge in [0.05, 0.1) is 25.7 Å². The standard InChI is InChI=1S/C37H47FN2O6/c1-25(39-35(42)46-37(5,6)7)30-12-10-13-31(34(30)38)29-20-26(23-40-15-17-43-18-16-40)19-27(21-29)24-44-32-14-9-8-11-28(32)22-33(41)45-36(2,3)4/h8-14,19-21,25H,15-18,22-24H2,1-7H3,(H,39,42). The summed E-state index contributed by atoms with van der Waals surface area (Å²) in [4.78, 5) is 27.3. The Balaban J connectivity index is 1.61. The number of rotatable bonds is 10. The normalized spacial score (nSPS) is 14.8. The molecule has 0 spiro atoms. The number of hydrogen-bond acceptors (Lipinski definition) is 7. The molecule has 8 nitrogen and oxygen atoms in total. The van der Waals surface area contributed by atoms with Crippen molar-refractivity contribution in [3.05, 3.63) is 88.7 Å². The Bertz CT molecular complexity index is 1500. The number of ether oxygens (including phenoxy) is 4. The average Bonchev–Trinajstić information content (AvgIpc) is 2.95. The van der Waals surface area contributed by atoms with Crippen molar-refractivity contribution in [2.45, 2.75) is 85.3 Å². The molecule has 1 N–H and O–H groups in total. The summed E-state index contributed by atoms with van der Waals surface area (Å²) in [7, 11) is 0. The van der Waals surface area contributed by atoms with Crippen LogP contribution in [-0.2, 0) is 38.6 Å². The van der Waals surface area contributed by atoms with Crippen LogP contribution in [-0.4, -0.2) is 54.5 Å². The molecule has 3 aromatic carbocycles. The largest absolute Gasteiger partial charge is 0.489 e. The first kappa shape index (κ1) is 34.9. The van der Waals surface area contributed by atoms with Crippen LogP contribution in [0, 0.1) is 5.82 Å². The number of alkyl carbamates (subject to hydrolysis) is 1. The quantitative estimate of drug-likeness (QED) is 0.233. The number of hydrogen-bond donors (Lipinski definition) is 1. The summed E-state index contributed by atoms with van der Waals surface area (Å²) in [6.45, 7) is 16.4. The van der Waals surface area contributed by atoms with Gasteiger partial charge in [-0.25, -0.2) is 9.18 Å². The van der Waals surface area contributed by atoms with Gasteiger partial charge in [-0.3, -0.25) is 9.69 Å². The van der Waals surface area contributed by atoms with Crippen molar-refractivity contribution >= 4 is 12.1 Å². The summed E-state index contributed by atoms with van der Waals surface area (Å²) in [5.41, 5.74) is 2.84. The molecule has 0 bridgehead atoms. The molecule has 46 heavy (non-hydrogen) atoms.